The van der Waals surface area contributed by atoms with Crippen molar-refractivity contribution < 1.29 is 18.0 Å². The maximum atomic E-state index is 14.7. The highest BCUT2D eigenvalue weighted by atomic mass is 19.1. The number of carbonyl (C=O) groups excluding carboxylic acids is 1. The Balaban J connectivity index is 1.47. The van der Waals surface area contributed by atoms with Crippen molar-refractivity contribution >= 4 is 11.6 Å². The summed E-state index contributed by atoms with van der Waals surface area (Å²) in [6.45, 7) is 1.96. The summed E-state index contributed by atoms with van der Waals surface area (Å²) in [5.41, 5.74) is 3.39. The van der Waals surface area contributed by atoms with Gasteiger partial charge in [-0.3, -0.25) is 9.78 Å². The maximum Gasteiger partial charge on any atom is 0.259 e. The van der Waals surface area contributed by atoms with E-state index in [1.54, 1.807) is 24.4 Å². The van der Waals surface area contributed by atoms with Crippen LogP contribution < -0.4 is 5.32 Å². The van der Waals surface area contributed by atoms with Gasteiger partial charge in [0.1, 0.15) is 23.2 Å². The molecule has 4 aromatic rings. The quantitative estimate of drug-likeness (QED) is 0.448. The van der Waals surface area contributed by atoms with Crippen LogP contribution in [0.3, 0.4) is 0 Å². The monoisotopic (exact) mass is 416 g/mol. The fraction of sp³-hybridized carbons (Fsp3) is 0.120. The summed E-state index contributed by atoms with van der Waals surface area (Å²) >= 11 is 0. The number of hydrogen-bond donors (Lipinski definition) is 1. The van der Waals surface area contributed by atoms with E-state index < -0.39 is 11.6 Å². The SMILES string of the molecule is Cc1ccnc(-c2c3oc(c2C(=O)Nc2ccc(-c4ccccc4F)c(F)c2)CC3)c1. The molecule has 3 heterocycles. The summed E-state index contributed by atoms with van der Waals surface area (Å²) in [4.78, 5) is 17.5. The largest absolute Gasteiger partial charge is 0.464 e. The molecule has 154 valence electrons. The summed E-state index contributed by atoms with van der Waals surface area (Å²) in [7, 11) is 0. The Bertz CT molecular complexity index is 1330. The molecule has 0 saturated heterocycles. The number of nitrogens with zero attached hydrogens (tertiary/aromatic N) is 1. The number of amides is 1. The van der Waals surface area contributed by atoms with Gasteiger partial charge in [0.2, 0.25) is 0 Å². The van der Waals surface area contributed by atoms with Crippen molar-refractivity contribution in [1.82, 2.24) is 4.98 Å². The molecule has 2 aromatic heterocycles. The summed E-state index contributed by atoms with van der Waals surface area (Å²) in [5, 5.41) is 2.74. The van der Waals surface area contributed by atoms with Gasteiger partial charge in [-0.15, -0.1) is 0 Å². The molecule has 0 aliphatic carbocycles. The van der Waals surface area contributed by atoms with E-state index in [-0.39, 0.29) is 22.7 Å². The first-order valence-corrected chi connectivity index (χ1v) is 9.94. The van der Waals surface area contributed by atoms with Gasteiger partial charge in [-0.2, -0.15) is 0 Å². The third-order valence-electron chi connectivity index (χ3n) is 5.42. The normalized spacial score (nSPS) is 12.2. The zero-order valence-electron chi connectivity index (χ0n) is 16.7. The van der Waals surface area contributed by atoms with Gasteiger partial charge in [-0.05, 0) is 48.9 Å². The number of nitrogens with one attached hydrogen (secondary N) is 1. The van der Waals surface area contributed by atoms with Gasteiger partial charge in [0.25, 0.3) is 5.91 Å². The number of benzene rings is 2. The molecule has 2 aromatic carbocycles. The first-order valence-electron chi connectivity index (χ1n) is 9.94. The van der Waals surface area contributed by atoms with Crippen molar-refractivity contribution in [2.45, 2.75) is 19.8 Å². The minimum absolute atomic E-state index is 0.133. The highest BCUT2D eigenvalue weighted by Gasteiger charge is 2.31. The fourth-order valence-corrected chi connectivity index (χ4v) is 3.98. The lowest BCUT2D eigenvalue weighted by molar-refractivity contribution is 0.102. The molecule has 0 unspecified atom stereocenters. The number of halogens is 2. The highest BCUT2D eigenvalue weighted by Crippen LogP contribution is 2.38. The molecule has 5 rings (SSSR count). The topological polar surface area (TPSA) is 55.1 Å². The van der Waals surface area contributed by atoms with Crippen LogP contribution in [0.1, 0.15) is 27.4 Å². The lowest BCUT2D eigenvalue weighted by Gasteiger charge is -2.12. The van der Waals surface area contributed by atoms with Gasteiger partial charge >= 0.3 is 0 Å². The summed E-state index contributed by atoms with van der Waals surface area (Å²) in [6.07, 6.45) is 3.07. The van der Waals surface area contributed by atoms with Crippen molar-refractivity contribution in [1.29, 1.82) is 0 Å². The number of hydrogen-bond acceptors (Lipinski definition) is 3. The molecular formula is C25H18F2N2O2. The van der Waals surface area contributed by atoms with E-state index >= 15 is 0 Å². The zero-order chi connectivity index (χ0) is 21.5. The number of fused-ring (bicyclic) bond motifs is 2. The first-order chi connectivity index (χ1) is 15.0. The Morgan fingerprint density at radius 1 is 0.968 bits per heavy atom. The molecule has 0 radical (unpaired) electrons. The lowest BCUT2D eigenvalue weighted by Crippen LogP contribution is -2.16. The van der Waals surface area contributed by atoms with Crippen LogP contribution >= 0.6 is 0 Å². The van der Waals surface area contributed by atoms with E-state index in [2.05, 4.69) is 10.3 Å². The van der Waals surface area contributed by atoms with Gasteiger partial charge < -0.3 is 9.73 Å². The van der Waals surface area contributed by atoms with E-state index in [1.165, 1.54) is 24.3 Å². The molecule has 0 atom stereocenters. The van der Waals surface area contributed by atoms with Gasteiger partial charge in [-0.25, -0.2) is 8.78 Å². The summed E-state index contributed by atoms with van der Waals surface area (Å²) in [5.74, 6) is -0.176. The molecule has 2 bridgehead atoms. The zero-order valence-corrected chi connectivity index (χ0v) is 16.7. The maximum absolute atomic E-state index is 14.7. The Hall–Kier alpha value is -3.80. The average Bonchev–Trinajstić information content (AvgIpc) is 3.36. The molecule has 0 spiro atoms. The highest BCUT2D eigenvalue weighted by molar-refractivity contribution is 6.10. The molecule has 1 amide bonds. The van der Waals surface area contributed by atoms with Gasteiger partial charge in [0.05, 0.1) is 16.8 Å². The Morgan fingerprint density at radius 2 is 1.74 bits per heavy atom. The van der Waals surface area contributed by atoms with Crippen LogP contribution in [0.4, 0.5) is 14.5 Å². The first kappa shape index (κ1) is 19.2. The van der Waals surface area contributed by atoms with Gasteiger partial charge in [0, 0.05) is 35.9 Å². The van der Waals surface area contributed by atoms with E-state index in [9.17, 15) is 13.6 Å². The number of aryl methyl sites for hydroxylation is 3. The minimum Gasteiger partial charge on any atom is -0.464 e. The molecule has 1 aliphatic rings. The number of furan rings is 1. The Morgan fingerprint density at radius 3 is 2.52 bits per heavy atom. The van der Waals surface area contributed by atoms with Gasteiger partial charge in [0.15, 0.2) is 0 Å². The number of rotatable bonds is 4. The molecule has 0 fully saturated rings. The molecular weight excluding hydrogens is 398 g/mol. The second-order valence-electron chi connectivity index (χ2n) is 7.55. The van der Waals surface area contributed by atoms with Crippen LogP contribution in [0, 0.1) is 18.6 Å². The number of pyridine rings is 1. The fourth-order valence-electron chi connectivity index (χ4n) is 3.98. The van der Waals surface area contributed by atoms with E-state index in [0.717, 1.165) is 17.7 Å². The third kappa shape index (κ3) is 3.40. The molecule has 1 N–H and O–H groups in total. The average molecular weight is 416 g/mol. The number of carbonyl (C=O) groups is 1. The van der Waals surface area contributed by atoms with Crippen LogP contribution in [0.5, 0.6) is 0 Å². The van der Waals surface area contributed by atoms with E-state index in [0.29, 0.717) is 29.0 Å². The van der Waals surface area contributed by atoms with Crippen LogP contribution in [0.15, 0.2) is 65.2 Å². The predicted octanol–water partition coefficient (Wildman–Crippen LogP) is 5.95. The standard InChI is InChI=1S/C25H18F2N2O2/c1-14-10-11-28-20(12-14)23-21-8-9-22(31-21)24(23)25(30)29-15-6-7-17(19(27)13-15)16-4-2-3-5-18(16)26/h2-7,10-13H,8-9H2,1H3,(H,29,30). The predicted molar refractivity (Wildman–Crippen MR) is 114 cm³/mol. The molecule has 6 heteroatoms. The second kappa shape index (κ2) is 7.47. The molecule has 4 nitrogen and oxygen atoms in total. The second-order valence-corrected chi connectivity index (χ2v) is 7.55. The Labute approximate surface area is 177 Å². The lowest BCUT2D eigenvalue weighted by atomic mass is 9.95. The van der Waals surface area contributed by atoms with Crippen molar-refractivity contribution in [2.24, 2.45) is 0 Å². The number of aromatic nitrogens is 1. The molecule has 0 saturated carbocycles. The van der Waals surface area contributed by atoms with E-state index in [1.807, 2.05) is 19.1 Å². The summed E-state index contributed by atoms with van der Waals surface area (Å²) in [6, 6.07) is 14.0. The number of anilines is 1. The molecule has 1 aliphatic heterocycles. The van der Waals surface area contributed by atoms with Crippen molar-refractivity contribution in [3.63, 3.8) is 0 Å². The van der Waals surface area contributed by atoms with Gasteiger partial charge in [-0.1, -0.05) is 18.2 Å². The third-order valence-corrected chi connectivity index (χ3v) is 5.42. The van der Waals surface area contributed by atoms with Crippen LogP contribution in [0.2, 0.25) is 0 Å². The van der Waals surface area contributed by atoms with Crippen LogP contribution in [-0.4, -0.2) is 10.9 Å². The van der Waals surface area contributed by atoms with Crippen molar-refractivity contribution in [3.05, 3.63) is 95.1 Å². The minimum atomic E-state index is -0.622. The van der Waals surface area contributed by atoms with E-state index in [4.69, 9.17) is 4.42 Å². The smallest absolute Gasteiger partial charge is 0.259 e. The summed E-state index contributed by atoms with van der Waals surface area (Å²) < 4.78 is 34.5. The van der Waals surface area contributed by atoms with Crippen molar-refractivity contribution in [2.75, 3.05) is 5.32 Å². The van der Waals surface area contributed by atoms with Crippen LogP contribution in [-0.2, 0) is 12.8 Å². The Kier molecular flexibility index (Phi) is 4.62. The van der Waals surface area contributed by atoms with Crippen molar-refractivity contribution in [3.8, 4) is 22.4 Å². The molecule has 31 heavy (non-hydrogen) atoms. The van der Waals surface area contributed by atoms with Crippen LogP contribution in [0.25, 0.3) is 22.4 Å².